The van der Waals surface area contributed by atoms with E-state index in [-0.39, 0.29) is 12.5 Å². The molecule has 0 saturated carbocycles. The summed E-state index contributed by atoms with van der Waals surface area (Å²) in [7, 11) is 0. The van der Waals surface area contributed by atoms with Gasteiger partial charge in [0.05, 0.1) is 6.61 Å². The van der Waals surface area contributed by atoms with Gasteiger partial charge in [0.25, 0.3) is 0 Å². The fourth-order valence-electron chi connectivity index (χ4n) is 1.76. The van der Waals surface area contributed by atoms with Crippen molar-refractivity contribution in [3.63, 3.8) is 0 Å². The van der Waals surface area contributed by atoms with Gasteiger partial charge >= 0.3 is 5.97 Å². The summed E-state index contributed by atoms with van der Waals surface area (Å²) in [6.45, 7) is 7.46. The summed E-state index contributed by atoms with van der Waals surface area (Å²) in [4.78, 5) is 25.3. The molecule has 0 fully saturated rings. The number of aromatic nitrogens is 1. The number of hydrogen-bond acceptors (Lipinski definition) is 3. The van der Waals surface area contributed by atoms with Crippen LogP contribution >= 0.6 is 0 Å². The lowest BCUT2D eigenvalue weighted by Crippen LogP contribution is -2.34. The van der Waals surface area contributed by atoms with Crippen molar-refractivity contribution in [3.05, 3.63) is 24.0 Å². The number of hydrogen-bond donors (Lipinski definition) is 0. The Morgan fingerprint density at radius 1 is 1.28 bits per heavy atom. The van der Waals surface area contributed by atoms with Crippen LogP contribution in [0.2, 0.25) is 0 Å². The zero-order valence-corrected chi connectivity index (χ0v) is 11.2. The van der Waals surface area contributed by atoms with Crippen LogP contribution in [0.5, 0.6) is 0 Å². The van der Waals surface area contributed by atoms with E-state index < -0.39 is 5.97 Å². The number of amides is 1. The maximum atomic E-state index is 12.0. The van der Waals surface area contributed by atoms with Gasteiger partial charge in [0.1, 0.15) is 12.2 Å². The van der Waals surface area contributed by atoms with Gasteiger partial charge in [0, 0.05) is 19.3 Å². The third-order valence-electron chi connectivity index (χ3n) is 2.74. The van der Waals surface area contributed by atoms with E-state index in [1.54, 1.807) is 34.7 Å². The zero-order valence-electron chi connectivity index (χ0n) is 11.2. The van der Waals surface area contributed by atoms with E-state index in [2.05, 4.69) is 0 Å². The molecular weight excluding hydrogens is 232 g/mol. The van der Waals surface area contributed by atoms with Crippen molar-refractivity contribution in [3.8, 4) is 0 Å². The molecule has 0 radical (unpaired) electrons. The third-order valence-corrected chi connectivity index (χ3v) is 2.74. The first-order chi connectivity index (χ1) is 8.63. The van der Waals surface area contributed by atoms with Crippen molar-refractivity contribution >= 4 is 11.9 Å². The monoisotopic (exact) mass is 252 g/mol. The van der Waals surface area contributed by atoms with Crippen LogP contribution in [0.4, 0.5) is 0 Å². The first-order valence-corrected chi connectivity index (χ1v) is 6.24. The van der Waals surface area contributed by atoms with Gasteiger partial charge in [-0.2, -0.15) is 0 Å². The molecule has 1 amide bonds. The molecule has 1 aromatic rings. The first kappa shape index (κ1) is 14.3. The highest BCUT2D eigenvalue weighted by Gasteiger charge is 2.16. The summed E-state index contributed by atoms with van der Waals surface area (Å²) in [5.41, 5.74) is 0.414. The lowest BCUT2D eigenvalue weighted by Gasteiger charge is -2.19. The van der Waals surface area contributed by atoms with Crippen molar-refractivity contribution in [1.82, 2.24) is 9.47 Å². The number of carbonyl (C=O) groups is 2. The third kappa shape index (κ3) is 3.35. The number of nitrogens with zero attached hydrogens (tertiary/aromatic N) is 2. The van der Waals surface area contributed by atoms with Crippen LogP contribution in [-0.4, -0.2) is 41.0 Å². The first-order valence-electron chi connectivity index (χ1n) is 6.24. The number of esters is 1. The molecule has 0 atom stereocenters. The van der Waals surface area contributed by atoms with Crippen molar-refractivity contribution in [2.75, 3.05) is 19.7 Å². The van der Waals surface area contributed by atoms with Crippen LogP contribution in [0.1, 0.15) is 31.3 Å². The van der Waals surface area contributed by atoms with Gasteiger partial charge in [-0.25, -0.2) is 4.79 Å². The van der Waals surface area contributed by atoms with Gasteiger partial charge in [0.15, 0.2) is 0 Å². The molecule has 5 nitrogen and oxygen atoms in total. The predicted octanol–water partition coefficient (Wildman–Crippen LogP) is 1.53. The minimum absolute atomic E-state index is 0.00162. The summed E-state index contributed by atoms with van der Waals surface area (Å²) in [5.74, 6) is -0.392. The SMILES string of the molecule is CCOC(=O)c1cccn1CC(=O)N(CC)CC. The lowest BCUT2D eigenvalue weighted by molar-refractivity contribution is -0.131. The van der Waals surface area contributed by atoms with Crippen molar-refractivity contribution in [2.24, 2.45) is 0 Å². The number of rotatable bonds is 6. The van der Waals surface area contributed by atoms with Crippen LogP contribution in [0.25, 0.3) is 0 Å². The van der Waals surface area contributed by atoms with Gasteiger partial charge in [-0.15, -0.1) is 0 Å². The molecule has 0 aliphatic heterocycles. The maximum absolute atomic E-state index is 12.0. The summed E-state index contributed by atoms with van der Waals surface area (Å²) in [6, 6.07) is 3.40. The van der Waals surface area contributed by atoms with E-state index in [0.717, 1.165) is 0 Å². The Morgan fingerprint density at radius 3 is 2.50 bits per heavy atom. The molecule has 0 spiro atoms. The fourth-order valence-corrected chi connectivity index (χ4v) is 1.76. The van der Waals surface area contributed by atoms with Crippen LogP contribution in [0, 0.1) is 0 Å². The second-order valence-corrected chi connectivity index (χ2v) is 3.81. The Labute approximate surface area is 107 Å². The topological polar surface area (TPSA) is 51.5 Å². The number of carbonyl (C=O) groups excluding carboxylic acids is 2. The highest BCUT2D eigenvalue weighted by molar-refractivity contribution is 5.88. The maximum Gasteiger partial charge on any atom is 0.354 e. The Kier molecular flexibility index (Phi) is 5.42. The average molecular weight is 252 g/mol. The Hall–Kier alpha value is -1.78. The van der Waals surface area contributed by atoms with Gasteiger partial charge in [-0.1, -0.05) is 0 Å². The molecule has 0 bridgehead atoms. The minimum Gasteiger partial charge on any atom is -0.461 e. The molecule has 0 N–H and O–H groups in total. The van der Waals surface area contributed by atoms with Gasteiger partial charge in [-0.3, -0.25) is 4.79 Å². The van der Waals surface area contributed by atoms with Crippen LogP contribution in [-0.2, 0) is 16.1 Å². The molecule has 100 valence electrons. The van der Waals surface area contributed by atoms with E-state index >= 15 is 0 Å². The molecule has 0 unspecified atom stereocenters. The lowest BCUT2D eigenvalue weighted by atomic mass is 10.4. The predicted molar refractivity (Wildman–Crippen MR) is 68.3 cm³/mol. The second kappa shape index (κ2) is 6.83. The Bertz CT molecular complexity index is 408. The molecule has 5 heteroatoms. The average Bonchev–Trinajstić information content (AvgIpc) is 2.79. The molecular formula is C13H20N2O3. The minimum atomic E-state index is -0.394. The highest BCUT2D eigenvalue weighted by atomic mass is 16.5. The quantitative estimate of drug-likeness (QED) is 0.721. The Morgan fingerprint density at radius 2 is 1.94 bits per heavy atom. The van der Waals surface area contributed by atoms with Gasteiger partial charge < -0.3 is 14.2 Å². The van der Waals surface area contributed by atoms with Crippen molar-refractivity contribution < 1.29 is 14.3 Å². The molecule has 0 aliphatic carbocycles. The zero-order chi connectivity index (χ0) is 13.5. The van der Waals surface area contributed by atoms with E-state index in [0.29, 0.717) is 25.4 Å². The van der Waals surface area contributed by atoms with E-state index in [9.17, 15) is 9.59 Å². The number of likely N-dealkylation sites (N-methyl/N-ethyl adjacent to an activating group) is 1. The number of ether oxygens (including phenoxy) is 1. The van der Waals surface area contributed by atoms with Crippen LogP contribution < -0.4 is 0 Å². The summed E-state index contributed by atoms with van der Waals surface area (Å²) in [5, 5.41) is 0. The molecule has 1 aromatic heterocycles. The molecule has 18 heavy (non-hydrogen) atoms. The summed E-state index contributed by atoms with van der Waals surface area (Å²) >= 11 is 0. The standard InChI is InChI=1S/C13H20N2O3/c1-4-14(5-2)12(16)10-15-9-7-8-11(15)13(17)18-6-3/h7-9H,4-6,10H2,1-3H3. The summed E-state index contributed by atoms with van der Waals surface area (Å²) < 4.78 is 6.56. The van der Waals surface area contributed by atoms with Gasteiger partial charge in [-0.05, 0) is 32.9 Å². The molecule has 0 aliphatic rings. The molecule has 0 aromatic carbocycles. The van der Waals surface area contributed by atoms with E-state index in [1.165, 1.54) is 0 Å². The van der Waals surface area contributed by atoms with Crippen LogP contribution in [0.15, 0.2) is 18.3 Å². The Balaban J connectivity index is 2.76. The van der Waals surface area contributed by atoms with Crippen molar-refractivity contribution in [1.29, 1.82) is 0 Å². The normalized spacial score (nSPS) is 10.2. The smallest absolute Gasteiger partial charge is 0.354 e. The summed E-state index contributed by atoms with van der Waals surface area (Å²) in [6.07, 6.45) is 1.72. The largest absolute Gasteiger partial charge is 0.461 e. The van der Waals surface area contributed by atoms with Crippen molar-refractivity contribution in [2.45, 2.75) is 27.3 Å². The molecule has 1 heterocycles. The van der Waals surface area contributed by atoms with E-state index in [4.69, 9.17) is 4.74 Å². The van der Waals surface area contributed by atoms with Crippen LogP contribution in [0.3, 0.4) is 0 Å². The fraction of sp³-hybridized carbons (Fsp3) is 0.538. The highest BCUT2D eigenvalue weighted by Crippen LogP contribution is 2.06. The van der Waals surface area contributed by atoms with E-state index in [1.807, 2.05) is 13.8 Å². The van der Waals surface area contributed by atoms with Gasteiger partial charge in [0.2, 0.25) is 5.91 Å². The molecule has 0 saturated heterocycles. The molecule has 1 rings (SSSR count). The second-order valence-electron chi connectivity index (χ2n) is 3.81.